The van der Waals surface area contributed by atoms with Gasteiger partial charge in [0.1, 0.15) is 5.84 Å². The van der Waals surface area contributed by atoms with Crippen molar-refractivity contribution in [3.05, 3.63) is 0 Å². The maximum absolute atomic E-state index is 10.9. The first kappa shape index (κ1) is 10.0. The molecule has 0 spiro atoms. The van der Waals surface area contributed by atoms with Gasteiger partial charge in [-0.1, -0.05) is 13.3 Å². The Kier molecular flexibility index (Phi) is 4.29. The van der Waals surface area contributed by atoms with Crippen molar-refractivity contribution in [2.75, 3.05) is 6.54 Å². The van der Waals surface area contributed by atoms with Crippen LogP contribution in [0.15, 0.2) is 4.99 Å². The minimum absolute atomic E-state index is 0.00643. The first-order chi connectivity index (χ1) is 6.33. The van der Waals surface area contributed by atoms with E-state index in [4.69, 9.17) is 0 Å². The van der Waals surface area contributed by atoms with E-state index in [1.165, 1.54) is 6.42 Å². The van der Waals surface area contributed by atoms with E-state index in [2.05, 4.69) is 15.8 Å². The summed E-state index contributed by atoms with van der Waals surface area (Å²) in [5.74, 6) is 0.922. The van der Waals surface area contributed by atoms with Gasteiger partial charge in [0, 0.05) is 19.4 Å². The monoisotopic (exact) mass is 183 g/mol. The van der Waals surface area contributed by atoms with E-state index in [0.717, 1.165) is 31.6 Å². The van der Waals surface area contributed by atoms with Crippen LogP contribution in [-0.2, 0) is 4.79 Å². The molecule has 2 N–H and O–H groups in total. The Morgan fingerprint density at radius 3 is 3.08 bits per heavy atom. The second-order valence-electron chi connectivity index (χ2n) is 3.17. The third kappa shape index (κ3) is 3.92. The van der Waals surface area contributed by atoms with Gasteiger partial charge >= 0.3 is 0 Å². The maximum Gasteiger partial charge on any atom is 0.238 e. The molecule has 74 valence electrons. The average molecular weight is 183 g/mol. The number of hydrogen-bond acceptors (Lipinski definition) is 3. The molecule has 4 heteroatoms. The topological polar surface area (TPSA) is 53.5 Å². The molecule has 1 aliphatic heterocycles. The van der Waals surface area contributed by atoms with E-state index in [1.807, 2.05) is 6.92 Å². The average Bonchev–Trinajstić information content (AvgIpc) is 2.42. The Labute approximate surface area is 78.8 Å². The highest BCUT2D eigenvalue weighted by Crippen LogP contribution is 2.05. The zero-order chi connectivity index (χ0) is 9.52. The molecular weight excluding hydrogens is 166 g/mol. The molecule has 0 aromatic rings. The molecule has 0 saturated heterocycles. The van der Waals surface area contributed by atoms with Gasteiger partial charge in [-0.3, -0.25) is 20.6 Å². The molecule has 13 heavy (non-hydrogen) atoms. The van der Waals surface area contributed by atoms with Crippen LogP contribution in [0.4, 0.5) is 0 Å². The molecule has 1 rings (SSSR count). The smallest absolute Gasteiger partial charge is 0.238 e. The highest BCUT2D eigenvalue weighted by atomic mass is 16.2. The minimum atomic E-state index is 0.00643. The standard InChI is InChI=1S/C9H17N3O/c1-2-9(13)12-11-8-6-4-3-5-7-10-8/h2-7H2,1H3,(H,10,11)(H,12,13). The highest BCUT2D eigenvalue weighted by molar-refractivity contribution is 5.85. The molecule has 1 amide bonds. The van der Waals surface area contributed by atoms with Crippen LogP contribution < -0.4 is 10.9 Å². The lowest BCUT2D eigenvalue weighted by atomic mass is 10.2. The predicted octanol–water partition coefficient (Wildman–Crippen LogP) is 0.990. The number of hydrogen-bond donors (Lipinski definition) is 2. The first-order valence-corrected chi connectivity index (χ1v) is 4.91. The number of amides is 1. The maximum atomic E-state index is 10.9. The summed E-state index contributed by atoms with van der Waals surface area (Å²) in [5.41, 5.74) is 5.47. The van der Waals surface area contributed by atoms with Crippen LogP contribution in [0.2, 0.25) is 0 Å². The number of rotatable bonds is 1. The van der Waals surface area contributed by atoms with Gasteiger partial charge in [-0.05, 0) is 12.8 Å². The summed E-state index contributed by atoms with van der Waals surface area (Å²) in [4.78, 5) is 15.2. The number of nitrogens with zero attached hydrogens (tertiary/aromatic N) is 1. The van der Waals surface area contributed by atoms with E-state index < -0.39 is 0 Å². The minimum Gasteiger partial charge on any atom is -0.286 e. The van der Waals surface area contributed by atoms with Crippen molar-refractivity contribution >= 4 is 11.7 Å². The van der Waals surface area contributed by atoms with Crippen LogP contribution in [0.25, 0.3) is 0 Å². The Balaban J connectivity index is 2.26. The van der Waals surface area contributed by atoms with Crippen molar-refractivity contribution in [1.29, 1.82) is 0 Å². The van der Waals surface area contributed by atoms with Crippen LogP contribution >= 0.6 is 0 Å². The second-order valence-corrected chi connectivity index (χ2v) is 3.17. The molecule has 1 heterocycles. The molecule has 1 aliphatic rings. The van der Waals surface area contributed by atoms with Gasteiger partial charge in [0.05, 0.1) is 0 Å². The lowest BCUT2D eigenvalue weighted by molar-refractivity contribution is -0.121. The van der Waals surface area contributed by atoms with Crippen LogP contribution in [0.1, 0.15) is 39.0 Å². The zero-order valence-electron chi connectivity index (χ0n) is 8.10. The largest absolute Gasteiger partial charge is 0.286 e. The van der Waals surface area contributed by atoms with E-state index in [0.29, 0.717) is 6.42 Å². The third-order valence-electron chi connectivity index (χ3n) is 2.04. The molecule has 0 aromatic heterocycles. The van der Waals surface area contributed by atoms with Gasteiger partial charge in [-0.2, -0.15) is 0 Å². The van der Waals surface area contributed by atoms with Crippen molar-refractivity contribution in [3.8, 4) is 0 Å². The van der Waals surface area contributed by atoms with E-state index in [9.17, 15) is 4.79 Å². The fraction of sp³-hybridized carbons (Fsp3) is 0.778. The molecule has 0 bridgehead atoms. The summed E-state index contributed by atoms with van der Waals surface area (Å²) < 4.78 is 0. The summed E-state index contributed by atoms with van der Waals surface area (Å²) >= 11 is 0. The van der Waals surface area contributed by atoms with E-state index in [1.54, 1.807) is 0 Å². The lowest BCUT2D eigenvalue weighted by Crippen LogP contribution is -2.41. The van der Waals surface area contributed by atoms with Gasteiger partial charge in [0.2, 0.25) is 5.91 Å². The SMILES string of the molecule is CCC(=O)NNC1=NCCCCC1. The van der Waals surface area contributed by atoms with Gasteiger partial charge < -0.3 is 0 Å². The van der Waals surface area contributed by atoms with Crippen molar-refractivity contribution in [2.24, 2.45) is 4.99 Å². The van der Waals surface area contributed by atoms with Gasteiger partial charge in [-0.25, -0.2) is 0 Å². The predicted molar refractivity (Wildman–Crippen MR) is 52.3 cm³/mol. The van der Waals surface area contributed by atoms with Gasteiger partial charge in [-0.15, -0.1) is 0 Å². The Morgan fingerprint density at radius 2 is 2.31 bits per heavy atom. The number of nitrogens with one attached hydrogen (secondary N) is 2. The van der Waals surface area contributed by atoms with E-state index >= 15 is 0 Å². The van der Waals surface area contributed by atoms with Crippen molar-refractivity contribution in [1.82, 2.24) is 10.9 Å². The molecular formula is C9H17N3O. The molecule has 0 unspecified atom stereocenters. The number of carbonyl (C=O) groups excluding carboxylic acids is 1. The zero-order valence-corrected chi connectivity index (χ0v) is 8.10. The summed E-state index contributed by atoms with van der Waals surface area (Å²) in [5, 5.41) is 0. The van der Waals surface area contributed by atoms with Gasteiger partial charge in [0.15, 0.2) is 0 Å². The van der Waals surface area contributed by atoms with Crippen LogP contribution in [-0.4, -0.2) is 18.3 Å². The lowest BCUT2D eigenvalue weighted by Gasteiger charge is -2.08. The first-order valence-electron chi connectivity index (χ1n) is 4.91. The molecule has 0 radical (unpaired) electrons. The number of amidine groups is 1. The number of carbonyl (C=O) groups is 1. The molecule has 0 saturated carbocycles. The fourth-order valence-electron chi connectivity index (χ4n) is 1.21. The Morgan fingerprint density at radius 1 is 1.46 bits per heavy atom. The molecule has 0 atom stereocenters. The van der Waals surface area contributed by atoms with E-state index in [-0.39, 0.29) is 5.91 Å². The Hall–Kier alpha value is -1.06. The summed E-state index contributed by atoms with van der Waals surface area (Å²) in [6.07, 6.45) is 5.00. The fourth-order valence-corrected chi connectivity index (χ4v) is 1.21. The van der Waals surface area contributed by atoms with Crippen LogP contribution in [0.5, 0.6) is 0 Å². The Bertz CT molecular complexity index is 201. The summed E-state index contributed by atoms with van der Waals surface area (Å²) in [6, 6.07) is 0. The summed E-state index contributed by atoms with van der Waals surface area (Å²) in [6.45, 7) is 2.70. The molecule has 0 fully saturated rings. The van der Waals surface area contributed by atoms with Crippen molar-refractivity contribution in [2.45, 2.75) is 39.0 Å². The molecule has 4 nitrogen and oxygen atoms in total. The quantitative estimate of drug-likeness (QED) is 0.596. The highest BCUT2D eigenvalue weighted by Gasteiger charge is 2.03. The summed E-state index contributed by atoms with van der Waals surface area (Å²) in [7, 11) is 0. The second kappa shape index (κ2) is 5.56. The number of hydrazine groups is 1. The van der Waals surface area contributed by atoms with Crippen molar-refractivity contribution < 1.29 is 4.79 Å². The molecule has 0 aliphatic carbocycles. The van der Waals surface area contributed by atoms with Crippen molar-refractivity contribution in [3.63, 3.8) is 0 Å². The normalized spacial score (nSPS) is 17.2. The van der Waals surface area contributed by atoms with Crippen LogP contribution in [0, 0.1) is 0 Å². The third-order valence-corrected chi connectivity index (χ3v) is 2.04. The van der Waals surface area contributed by atoms with Gasteiger partial charge in [0.25, 0.3) is 0 Å². The van der Waals surface area contributed by atoms with Crippen LogP contribution in [0.3, 0.4) is 0 Å². The number of aliphatic imine (C=N–C) groups is 1. The molecule has 0 aromatic carbocycles.